The van der Waals surface area contributed by atoms with E-state index >= 15 is 0 Å². The quantitative estimate of drug-likeness (QED) is 0.658. The Balaban J connectivity index is 1.81. The average molecular weight is 393 g/mol. The number of aromatic nitrogens is 2. The Labute approximate surface area is 166 Å². The van der Waals surface area contributed by atoms with Crippen LogP contribution in [-0.4, -0.2) is 44.1 Å². The van der Waals surface area contributed by atoms with E-state index in [1.54, 1.807) is 27.5 Å². The maximum atomic E-state index is 12.7. The fourth-order valence-corrected chi connectivity index (χ4v) is 4.16. The number of aromatic amines is 1. The van der Waals surface area contributed by atoms with Crippen molar-refractivity contribution in [2.75, 3.05) is 33.3 Å². The maximum Gasteiger partial charge on any atom is 0.337 e. The molecule has 1 atom stereocenters. The van der Waals surface area contributed by atoms with E-state index in [2.05, 4.69) is 15.5 Å². The molecule has 2 aliphatic heterocycles. The number of anilines is 1. The van der Waals surface area contributed by atoms with Gasteiger partial charge in [-0.2, -0.15) is 5.10 Å². The van der Waals surface area contributed by atoms with Gasteiger partial charge in [-0.1, -0.05) is 0 Å². The van der Waals surface area contributed by atoms with E-state index in [1.807, 2.05) is 24.3 Å². The van der Waals surface area contributed by atoms with Gasteiger partial charge in [0.15, 0.2) is 11.5 Å². The SMILES string of the molecule is COc1cc(C2C3=C(COC3=O)Nc3ccc4cn[nH]c4c32)cc(OC)c1OC. The van der Waals surface area contributed by atoms with E-state index in [0.717, 1.165) is 33.4 Å². The lowest BCUT2D eigenvalue weighted by Crippen LogP contribution is -2.20. The molecule has 0 amide bonds. The largest absolute Gasteiger partial charge is 0.493 e. The number of ether oxygens (including phenoxy) is 4. The van der Waals surface area contributed by atoms with Gasteiger partial charge in [0.2, 0.25) is 5.75 Å². The van der Waals surface area contributed by atoms with Crippen molar-refractivity contribution in [2.45, 2.75) is 5.92 Å². The lowest BCUT2D eigenvalue weighted by Gasteiger charge is -2.28. The molecular weight excluding hydrogens is 374 g/mol. The Kier molecular flexibility index (Phi) is 3.87. The van der Waals surface area contributed by atoms with Crippen LogP contribution in [-0.2, 0) is 9.53 Å². The molecule has 3 aromatic rings. The maximum absolute atomic E-state index is 12.7. The van der Waals surface area contributed by atoms with E-state index < -0.39 is 0 Å². The molecule has 0 fully saturated rings. The van der Waals surface area contributed by atoms with E-state index in [9.17, 15) is 4.79 Å². The van der Waals surface area contributed by atoms with Crippen LogP contribution >= 0.6 is 0 Å². The Morgan fingerprint density at radius 3 is 2.55 bits per heavy atom. The molecule has 148 valence electrons. The van der Waals surface area contributed by atoms with Gasteiger partial charge in [0.05, 0.1) is 44.3 Å². The topological polar surface area (TPSA) is 94.7 Å². The van der Waals surface area contributed by atoms with Crippen molar-refractivity contribution < 1.29 is 23.7 Å². The van der Waals surface area contributed by atoms with E-state index in [0.29, 0.717) is 22.8 Å². The molecule has 2 aliphatic rings. The van der Waals surface area contributed by atoms with E-state index in [4.69, 9.17) is 18.9 Å². The number of cyclic esters (lactones) is 1. The first-order valence-corrected chi connectivity index (χ1v) is 9.09. The predicted molar refractivity (Wildman–Crippen MR) is 106 cm³/mol. The highest BCUT2D eigenvalue weighted by atomic mass is 16.5. The first kappa shape index (κ1) is 17.4. The number of H-pyrrole nitrogens is 1. The number of hydrogen-bond donors (Lipinski definition) is 2. The molecule has 2 N–H and O–H groups in total. The van der Waals surface area contributed by atoms with Crippen LogP contribution < -0.4 is 19.5 Å². The Morgan fingerprint density at radius 1 is 1.10 bits per heavy atom. The van der Waals surface area contributed by atoms with Crippen LogP contribution in [0.25, 0.3) is 10.9 Å². The van der Waals surface area contributed by atoms with Crippen LogP contribution in [0.15, 0.2) is 41.7 Å². The zero-order chi connectivity index (χ0) is 20.1. The fraction of sp³-hybridized carbons (Fsp3) is 0.238. The van der Waals surface area contributed by atoms with Crippen LogP contribution in [0, 0.1) is 0 Å². The molecule has 8 nitrogen and oxygen atoms in total. The summed E-state index contributed by atoms with van der Waals surface area (Å²) in [5.74, 6) is 0.817. The second-order valence-electron chi connectivity index (χ2n) is 6.85. The van der Waals surface area contributed by atoms with Gasteiger partial charge in [-0.3, -0.25) is 5.10 Å². The molecule has 8 heteroatoms. The number of rotatable bonds is 4. The van der Waals surface area contributed by atoms with Crippen LogP contribution in [0.2, 0.25) is 0 Å². The van der Waals surface area contributed by atoms with Gasteiger partial charge in [0, 0.05) is 22.6 Å². The van der Waals surface area contributed by atoms with Crippen LogP contribution in [0.4, 0.5) is 5.69 Å². The zero-order valence-corrected chi connectivity index (χ0v) is 16.2. The van der Waals surface area contributed by atoms with Crippen LogP contribution in [0.5, 0.6) is 17.2 Å². The number of nitrogens with zero attached hydrogens (tertiary/aromatic N) is 1. The van der Waals surface area contributed by atoms with Gasteiger partial charge >= 0.3 is 5.97 Å². The second kappa shape index (κ2) is 6.44. The van der Waals surface area contributed by atoms with Crippen molar-refractivity contribution in [2.24, 2.45) is 0 Å². The molecule has 1 unspecified atom stereocenters. The number of esters is 1. The standard InChI is InChI=1S/C21H19N3O5/c1-26-14-6-11(7-15(27-2)20(14)28-3)16-17-12(5-4-10-8-22-24-19(10)17)23-13-9-29-21(25)18(13)16/h4-8,16,23H,9H2,1-3H3,(H,22,24). The second-order valence-corrected chi connectivity index (χ2v) is 6.85. The number of hydrogen-bond acceptors (Lipinski definition) is 7. The Bertz CT molecular complexity index is 1160. The molecule has 3 heterocycles. The fourth-order valence-electron chi connectivity index (χ4n) is 4.16. The number of carbonyl (C=O) groups is 1. The van der Waals surface area contributed by atoms with Gasteiger partial charge in [-0.25, -0.2) is 4.79 Å². The van der Waals surface area contributed by atoms with Crippen molar-refractivity contribution >= 4 is 22.6 Å². The summed E-state index contributed by atoms with van der Waals surface area (Å²) in [5.41, 5.74) is 4.86. The molecule has 2 aromatic carbocycles. The van der Waals surface area contributed by atoms with Gasteiger partial charge in [-0.15, -0.1) is 0 Å². The summed E-state index contributed by atoms with van der Waals surface area (Å²) in [4.78, 5) is 12.7. The first-order chi connectivity index (χ1) is 14.2. The third-order valence-electron chi connectivity index (χ3n) is 5.43. The van der Waals surface area contributed by atoms with Gasteiger partial charge in [0.25, 0.3) is 0 Å². The number of fused-ring (bicyclic) bond motifs is 3. The van der Waals surface area contributed by atoms with Crippen LogP contribution in [0.1, 0.15) is 17.0 Å². The van der Waals surface area contributed by atoms with Gasteiger partial charge in [0.1, 0.15) is 6.61 Å². The van der Waals surface area contributed by atoms with Crippen molar-refractivity contribution in [3.63, 3.8) is 0 Å². The van der Waals surface area contributed by atoms with Crippen molar-refractivity contribution in [1.29, 1.82) is 0 Å². The summed E-state index contributed by atoms with van der Waals surface area (Å²) in [7, 11) is 4.70. The third-order valence-corrected chi connectivity index (χ3v) is 5.43. The first-order valence-electron chi connectivity index (χ1n) is 9.09. The average Bonchev–Trinajstić information content (AvgIpc) is 3.37. The molecule has 0 spiro atoms. The smallest absolute Gasteiger partial charge is 0.337 e. The highest BCUT2D eigenvalue weighted by Gasteiger charge is 2.40. The third kappa shape index (κ3) is 2.45. The molecule has 0 saturated heterocycles. The zero-order valence-electron chi connectivity index (χ0n) is 16.2. The van der Waals surface area contributed by atoms with Gasteiger partial charge in [-0.05, 0) is 29.8 Å². The predicted octanol–water partition coefficient (Wildman–Crippen LogP) is 2.96. The molecule has 0 saturated carbocycles. The summed E-state index contributed by atoms with van der Waals surface area (Å²) in [6.07, 6.45) is 1.76. The summed E-state index contributed by atoms with van der Waals surface area (Å²) < 4.78 is 21.9. The Morgan fingerprint density at radius 2 is 1.86 bits per heavy atom. The van der Waals surface area contributed by atoms with Crippen molar-refractivity contribution in [3.8, 4) is 17.2 Å². The van der Waals surface area contributed by atoms with E-state index in [1.165, 1.54) is 0 Å². The molecule has 0 aliphatic carbocycles. The Hall–Kier alpha value is -3.68. The molecule has 29 heavy (non-hydrogen) atoms. The monoisotopic (exact) mass is 393 g/mol. The van der Waals surface area contributed by atoms with Crippen LogP contribution in [0.3, 0.4) is 0 Å². The molecular formula is C21H19N3O5. The minimum atomic E-state index is -0.380. The molecule has 0 radical (unpaired) electrons. The normalized spacial score (nSPS) is 17.5. The van der Waals surface area contributed by atoms with E-state index in [-0.39, 0.29) is 18.5 Å². The number of benzene rings is 2. The lowest BCUT2D eigenvalue weighted by atomic mass is 9.80. The van der Waals surface area contributed by atoms with Gasteiger partial charge < -0.3 is 24.3 Å². The number of carbonyl (C=O) groups excluding carboxylic acids is 1. The van der Waals surface area contributed by atoms with Crippen molar-refractivity contribution in [1.82, 2.24) is 10.2 Å². The number of nitrogens with one attached hydrogen (secondary N) is 2. The molecule has 1 aromatic heterocycles. The highest BCUT2D eigenvalue weighted by Crippen LogP contribution is 2.49. The number of methoxy groups -OCH3 is 3. The molecule has 0 bridgehead atoms. The minimum absolute atomic E-state index is 0.218. The minimum Gasteiger partial charge on any atom is -0.493 e. The van der Waals surface area contributed by atoms with Crippen molar-refractivity contribution in [3.05, 3.63) is 52.9 Å². The molecule has 5 rings (SSSR count). The summed E-state index contributed by atoms with van der Waals surface area (Å²) >= 11 is 0. The summed E-state index contributed by atoms with van der Waals surface area (Å²) in [6.45, 7) is 0.218. The highest BCUT2D eigenvalue weighted by molar-refractivity contribution is 6.00. The summed E-state index contributed by atoms with van der Waals surface area (Å²) in [5, 5.41) is 11.6. The summed E-state index contributed by atoms with van der Waals surface area (Å²) in [6, 6.07) is 7.71. The lowest BCUT2D eigenvalue weighted by molar-refractivity contribution is -0.136.